The molecular formula is C16H27N3O3. The molecule has 0 aliphatic rings. The summed E-state index contributed by atoms with van der Waals surface area (Å²) in [5.74, 6) is 0.691. The molecule has 0 aliphatic carbocycles. The fourth-order valence-electron chi connectivity index (χ4n) is 1.64. The summed E-state index contributed by atoms with van der Waals surface area (Å²) in [4.78, 5) is 11.7. The van der Waals surface area contributed by atoms with E-state index in [2.05, 4.69) is 10.6 Å². The minimum atomic E-state index is -0.524. The molecule has 1 rings (SSSR count). The van der Waals surface area contributed by atoms with E-state index in [0.29, 0.717) is 31.1 Å². The molecule has 22 heavy (non-hydrogen) atoms. The highest BCUT2D eigenvalue weighted by atomic mass is 16.6. The molecule has 0 saturated heterocycles. The molecule has 0 bridgehead atoms. The first-order valence-corrected chi connectivity index (χ1v) is 7.46. The average molecular weight is 309 g/mol. The van der Waals surface area contributed by atoms with Crippen LogP contribution in [0.2, 0.25) is 0 Å². The van der Waals surface area contributed by atoms with E-state index in [1.807, 2.05) is 39.8 Å². The molecule has 6 nitrogen and oxygen atoms in total. The predicted octanol–water partition coefficient (Wildman–Crippen LogP) is 2.35. The third-order valence-electron chi connectivity index (χ3n) is 2.70. The number of benzene rings is 1. The number of carbonyl (C=O) groups excluding carboxylic acids is 1. The van der Waals surface area contributed by atoms with Crippen molar-refractivity contribution in [2.24, 2.45) is 5.73 Å². The molecular weight excluding hydrogens is 282 g/mol. The zero-order chi connectivity index (χ0) is 16.6. The normalized spacial score (nSPS) is 12.6. The Morgan fingerprint density at radius 3 is 2.73 bits per heavy atom. The number of nitrogens with one attached hydrogen (secondary N) is 2. The van der Waals surface area contributed by atoms with E-state index >= 15 is 0 Å². The van der Waals surface area contributed by atoms with Gasteiger partial charge in [0, 0.05) is 30.9 Å². The summed E-state index contributed by atoms with van der Waals surface area (Å²) in [7, 11) is 0. The molecule has 1 aromatic rings. The van der Waals surface area contributed by atoms with E-state index in [0.717, 1.165) is 0 Å². The van der Waals surface area contributed by atoms with Crippen LogP contribution < -0.4 is 21.1 Å². The Morgan fingerprint density at radius 2 is 2.09 bits per heavy atom. The maximum Gasteiger partial charge on any atom is 0.412 e. The van der Waals surface area contributed by atoms with Crippen molar-refractivity contribution in [1.29, 1.82) is 0 Å². The average Bonchev–Trinajstić information content (AvgIpc) is 2.41. The van der Waals surface area contributed by atoms with Crippen molar-refractivity contribution in [1.82, 2.24) is 5.32 Å². The highest BCUT2D eigenvalue weighted by molar-refractivity contribution is 5.85. The van der Waals surface area contributed by atoms with Gasteiger partial charge in [-0.05, 0) is 39.8 Å². The number of amides is 1. The summed E-state index contributed by atoms with van der Waals surface area (Å²) in [6.45, 7) is 9.31. The van der Waals surface area contributed by atoms with Gasteiger partial charge in [-0.15, -0.1) is 0 Å². The molecule has 0 aromatic heterocycles. The minimum absolute atomic E-state index is 0.267. The zero-order valence-electron chi connectivity index (χ0n) is 13.8. The number of carbonyl (C=O) groups is 1. The maximum atomic E-state index is 11.7. The maximum absolute atomic E-state index is 11.7. The fraction of sp³-hybridized carbons (Fsp3) is 0.562. The number of ether oxygens (including phenoxy) is 2. The minimum Gasteiger partial charge on any atom is -0.492 e. The Bertz CT molecular complexity index is 472. The summed E-state index contributed by atoms with van der Waals surface area (Å²) in [6.07, 6.45) is -0.483. The molecule has 0 heterocycles. The van der Waals surface area contributed by atoms with Gasteiger partial charge in [0.1, 0.15) is 18.0 Å². The van der Waals surface area contributed by atoms with Crippen molar-refractivity contribution in [2.75, 3.05) is 25.0 Å². The Labute approximate surface area is 132 Å². The van der Waals surface area contributed by atoms with Crippen LogP contribution in [0.3, 0.4) is 0 Å². The monoisotopic (exact) mass is 309 g/mol. The van der Waals surface area contributed by atoms with Gasteiger partial charge in [-0.1, -0.05) is 6.07 Å². The SMILES string of the molecule is CC(CN)NCCOc1cccc(NC(=O)OC(C)(C)C)c1. The molecule has 4 N–H and O–H groups in total. The van der Waals surface area contributed by atoms with Crippen LogP contribution in [0.4, 0.5) is 10.5 Å². The summed E-state index contributed by atoms with van der Waals surface area (Å²) in [6, 6.07) is 7.47. The quantitative estimate of drug-likeness (QED) is 0.673. The van der Waals surface area contributed by atoms with Crippen molar-refractivity contribution in [3.63, 3.8) is 0 Å². The van der Waals surface area contributed by atoms with E-state index in [1.54, 1.807) is 12.1 Å². The van der Waals surface area contributed by atoms with E-state index in [9.17, 15) is 4.79 Å². The number of nitrogens with two attached hydrogens (primary N) is 1. The first kappa shape index (κ1) is 18.3. The van der Waals surface area contributed by atoms with E-state index in [1.165, 1.54) is 0 Å². The van der Waals surface area contributed by atoms with Crippen molar-refractivity contribution >= 4 is 11.8 Å². The second kappa shape index (κ2) is 8.60. The van der Waals surface area contributed by atoms with Gasteiger partial charge in [0.2, 0.25) is 0 Å². The summed E-state index contributed by atoms with van der Waals surface area (Å²) >= 11 is 0. The van der Waals surface area contributed by atoms with Crippen LogP contribution in [0.25, 0.3) is 0 Å². The van der Waals surface area contributed by atoms with Gasteiger partial charge in [-0.3, -0.25) is 5.32 Å². The molecule has 124 valence electrons. The van der Waals surface area contributed by atoms with Crippen LogP contribution in [0.15, 0.2) is 24.3 Å². The topological polar surface area (TPSA) is 85.6 Å². The Balaban J connectivity index is 2.43. The van der Waals surface area contributed by atoms with E-state index in [-0.39, 0.29) is 6.04 Å². The molecule has 1 unspecified atom stereocenters. The lowest BCUT2D eigenvalue weighted by Gasteiger charge is -2.19. The molecule has 1 amide bonds. The standard InChI is InChI=1S/C16H27N3O3/c1-12(11-17)18-8-9-21-14-7-5-6-13(10-14)19-15(20)22-16(2,3)4/h5-7,10,12,18H,8-9,11,17H2,1-4H3,(H,19,20). The lowest BCUT2D eigenvalue weighted by molar-refractivity contribution is 0.0636. The van der Waals surface area contributed by atoms with Crippen molar-refractivity contribution in [2.45, 2.75) is 39.3 Å². The molecule has 1 aromatic carbocycles. The Kier molecular flexibility index (Phi) is 7.14. The van der Waals surface area contributed by atoms with Gasteiger partial charge < -0.3 is 20.5 Å². The number of anilines is 1. The first-order valence-electron chi connectivity index (χ1n) is 7.46. The highest BCUT2D eigenvalue weighted by Crippen LogP contribution is 2.18. The third-order valence-corrected chi connectivity index (χ3v) is 2.70. The molecule has 0 fully saturated rings. The third kappa shape index (κ3) is 7.85. The van der Waals surface area contributed by atoms with Crippen molar-refractivity contribution < 1.29 is 14.3 Å². The first-order chi connectivity index (χ1) is 10.3. The number of hydrogen-bond acceptors (Lipinski definition) is 5. The van der Waals surface area contributed by atoms with Gasteiger partial charge in [-0.25, -0.2) is 4.79 Å². The fourth-order valence-corrected chi connectivity index (χ4v) is 1.64. The molecule has 0 spiro atoms. The second-order valence-corrected chi connectivity index (χ2v) is 6.09. The van der Waals surface area contributed by atoms with Crippen LogP contribution in [0.1, 0.15) is 27.7 Å². The number of rotatable bonds is 7. The van der Waals surface area contributed by atoms with Gasteiger partial charge >= 0.3 is 6.09 Å². The smallest absolute Gasteiger partial charge is 0.412 e. The van der Waals surface area contributed by atoms with Crippen molar-refractivity contribution in [3.05, 3.63) is 24.3 Å². The Morgan fingerprint density at radius 1 is 1.36 bits per heavy atom. The van der Waals surface area contributed by atoms with Crippen LogP contribution in [0.5, 0.6) is 5.75 Å². The molecule has 0 radical (unpaired) electrons. The summed E-state index contributed by atoms with van der Waals surface area (Å²) < 4.78 is 10.8. The van der Waals surface area contributed by atoms with E-state index < -0.39 is 11.7 Å². The van der Waals surface area contributed by atoms with Gasteiger partial charge in [0.25, 0.3) is 0 Å². The summed E-state index contributed by atoms with van der Waals surface area (Å²) in [5.41, 5.74) is 5.63. The Hall–Kier alpha value is -1.79. The molecule has 0 saturated carbocycles. The number of hydrogen-bond donors (Lipinski definition) is 3. The van der Waals surface area contributed by atoms with Gasteiger partial charge in [0.05, 0.1) is 0 Å². The van der Waals surface area contributed by atoms with Crippen molar-refractivity contribution in [3.8, 4) is 5.75 Å². The largest absolute Gasteiger partial charge is 0.492 e. The summed E-state index contributed by atoms with van der Waals surface area (Å²) in [5, 5.41) is 5.92. The van der Waals surface area contributed by atoms with Crippen LogP contribution in [0, 0.1) is 0 Å². The molecule has 0 aliphatic heterocycles. The lowest BCUT2D eigenvalue weighted by atomic mass is 10.2. The zero-order valence-corrected chi connectivity index (χ0v) is 13.8. The second-order valence-electron chi connectivity index (χ2n) is 6.09. The van der Waals surface area contributed by atoms with Crippen LogP contribution in [-0.2, 0) is 4.74 Å². The molecule has 1 atom stereocenters. The lowest BCUT2D eigenvalue weighted by Crippen LogP contribution is -2.35. The van der Waals surface area contributed by atoms with Crippen LogP contribution >= 0.6 is 0 Å². The highest BCUT2D eigenvalue weighted by Gasteiger charge is 2.16. The van der Waals surface area contributed by atoms with Crippen LogP contribution in [-0.4, -0.2) is 37.4 Å². The van der Waals surface area contributed by atoms with Gasteiger partial charge in [0.15, 0.2) is 0 Å². The van der Waals surface area contributed by atoms with E-state index in [4.69, 9.17) is 15.2 Å². The van der Waals surface area contributed by atoms with Gasteiger partial charge in [-0.2, -0.15) is 0 Å². The molecule has 6 heteroatoms. The predicted molar refractivity (Wildman–Crippen MR) is 88.3 cm³/mol.